The van der Waals surface area contributed by atoms with Gasteiger partial charge in [0.25, 0.3) is 11.5 Å². The van der Waals surface area contributed by atoms with Crippen LogP contribution in [0.15, 0.2) is 53.5 Å². The molecular formula is C25H22Cl3N3O4. The van der Waals surface area contributed by atoms with Crippen LogP contribution in [0.3, 0.4) is 0 Å². The van der Waals surface area contributed by atoms with E-state index in [0.717, 1.165) is 18.4 Å². The lowest BCUT2D eigenvalue weighted by Crippen LogP contribution is -2.41. The van der Waals surface area contributed by atoms with Crippen molar-refractivity contribution < 1.29 is 14.7 Å². The Morgan fingerprint density at radius 3 is 2.31 bits per heavy atom. The first-order valence-corrected chi connectivity index (χ1v) is 12.2. The van der Waals surface area contributed by atoms with E-state index in [0.29, 0.717) is 30.0 Å². The van der Waals surface area contributed by atoms with Crippen molar-refractivity contribution in [2.75, 3.05) is 0 Å². The highest BCUT2D eigenvalue weighted by atomic mass is 35.5. The number of nitrogens with one attached hydrogen (secondary N) is 1. The van der Waals surface area contributed by atoms with E-state index >= 15 is 0 Å². The molecule has 0 bridgehead atoms. The maximum absolute atomic E-state index is 12.9. The highest BCUT2D eigenvalue weighted by molar-refractivity contribution is 6.39. The zero-order valence-corrected chi connectivity index (χ0v) is 20.8. The molecule has 0 aliphatic heterocycles. The summed E-state index contributed by atoms with van der Waals surface area (Å²) in [5.74, 6) is -1.33. The van der Waals surface area contributed by atoms with Gasteiger partial charge >= 0.3 is 5.97 Å². The summed E-state index contributed by atoms with van der Waals surface area (Å²) in [6.07, 6.45) is 4.21. The normalized spacial score (nSPS) is 13.9. The van der Waals surface area contributed by atoms with Crippen LogP contribution in [0.2, 0.25) is 15.1 Å². The molecular weight excluding hydrogens is 513 g/mol. The molecule has 4 rings (SSSR count). The Bertz CT molecular complexity index is 1300. The first-order valence-electron chi connectivity index (χ1n) is 11.1. The Morgan fingerprint density at radius 2 is 1.71 bits per heavy atom. The Balaban J connectivity index is 1.45. The van der Waals surface area contributed by atoms with E-state index in [1.165, 1.54) is 23.0 Å². The van der Waals surface area contributed by atoms with Gasteiger partial charge in [0.05, 0.1) is 32.4 Å². The van der Waals surface area contributed by atoms with Gasteiger partial charge in [0.15, 0.2) is 0 Å². The fourth-order valence-corrected chi connectivity index (χ4v) is 4.56. The van der Waals surface area contributed by atoms with Crippen molar-refractivity contribution in [2.24, 2.45) is 5.92 Å². The number of carbonyl (C=O) groups excluding carboxylic acids is 1. The number of aryl methyl sites for hydroxylation is 1. The van der Waals surface area contributed by atoms with Gasteiger partial charge in [-0.15, -0.1) is 0 Å². The fraction of sp³-hybridized carbons (Fsp3) is 0.280. The number of halogens is 3. The molecule has 2 N–H and O–H groups in total. The smallest absolute Gasteiger partial charge is 0.326 e. The monoisotopic (exact) mass is 533 g/mol. The van der Waals surface area contributed by atoms with Crippen LogP contribution in [0.4, 0.5) is 0 Å². The van der Waals surface area contributed by atoms with Crippen LogP contribution in [0.5, 0.6) is 0 Å². The van der Waals surface area contributed by atoms with E-state index in [1.54, 1.807) is 18.2 Å². The largest absolute Gasteiger partial charge is 0.480 e. The molecule has 10 heteroatoms. The van der Waals surface area contributed by atoms with Crippen LogP contribution in [0.25, 0.3) is 11.1 Å². The molecule has 1 aliphatic carbocycles. The van der Waals surface area contributed by atoms with Crippen molar-refractivity contribution in [3.8, 4) is 11.1 Å². The van der Waals surface area contributed by atoms with Crippen LogP contribution < -0.4 is 10.9 Å². The molecule has 0 saturated heterocycles. The third-order valence-electron chi connectivity index (χ3n) is 5.88. The van der Waals surface area contributed by atoms with Crippen LogP contribution in [0.1, 0.15) is 35.2 Å². The zero-order chi connectivity index (χ0) is 25.1. The first kappa shape index (κ1) is 25.2. The summed E-state index contributed by atoms with van der Waals surface area (Å²) >= 11 is 18.4. The van der Waals surface area contributed by atoms with E-state index < -0.39 is 17.9 Å². The Morgan fingerprint density at radius 1 is 1.06 bits per heavy atom. The van der Waals surface area contributed by atoms with Crippen LogP contribution in [0, 0.1) is 5.92 Å². The molecule has 1 aliphatic rings. The molecule has 0 unspecified atom stereocenters. The molecule has 1 aromatic heterocycles. The maximum atomic E-state index is 12.9. The number of rotatable bonds is 9. The van der Waals surface area contributed by atoms with Crippen molar-refractivity contribution in [1.82, 2.24) is 15.1 Å². The summed E-state index contributed by atoms with van der Waals surface area (Å²) in [5, 5.41) is 16.8. The molecule has 1 fully saturated rings. The number of nitrogens with zero attached hydrogens (tertiary/aromatic N) is 2. The van der Waals surface area contributed by atoms with Gasteiger partial charge in [0, 0.05) is 6.54 Å². The molecule has 0 spiro atoms. The summed E-state index contributed by atoms with van der Waals surface area (Å²) in [6.45, 7) is 0.586. The van der Waals surface area contributed by atoms with E-state index in [1.807, 2.05) is 12.1 Å². The average Bonchev–Trinajstić information content (AvgIpc) is 3.63. The summed E-state index contributed by atoms with van der Waals surface area (Å²) in [4.78, 5) is 37.2. The molecule has 2 aromatic carbocycles. The number of amides is 1. The van der Waals surface area contributed by atoms with Gasteiger partial charge in [0.1, 0.15) is 6.04 Å². The van der Waals surface area contributed by atoms with Crippen molar-refractivity contribution >= 4 is 46.7 Å². The highest BCUT2D eigenvalue weighted by Gasteiger charge is 2.25. The number of hydrogen-bond acceptors (Lipinski definition) is 4. The van der Waals surface area contributed by atoms with Gasteiger partial charge in [-0.05, 0) is 54.9 Å². The quantitative estimate of drug-likeness (QED) is 0.398. The summed E-state index contributed by atoms with van der Waals surface area (Å²) in [6, 6.07) is 10.6. The minimum atomic E-state index is -1.17. The number of aromatic nitrogens is 2. The number of carboxylic acid groups (broad SMARTS) is 1. The summed E-state index contributed by atoms with van der Waals surface area (Å²) in [7, 11) is 0. The van der Waals surface area contributed by atoms with Crippen molar-refractivity contribution in [3.05, 3.63) is 85.2 Å². The van der Waals surface area contributed by atoms with Crippen LogP contribution in [-0.4, -0.2) is 32.8 Å². The Labute approximate surface area is 216 Å². The first-order chi connectivity index (χ1) is 16.7. The maximum Gasteiger partial charge on any atom is 0.326 e. The molecule has 0 radical (unpaired) electrons. The number of aliphatic carboxylic acids is 1. The molecule has 1 heterocycles. The van der Waals surface area contributed by atoms with Crippen molar-refractivity contribution in [1.29, 1.82) is 0 Å². The van der Waals surface area contributed by atoms with Gasteiger partial charge in [-0.25, -0.2) is 9.48 Å². The molecule has 1 atom stereocenters. The minimum Gasteiger partial charge on any atom is -0.480 e. The predicted octanol–water partition coefficient (Wildman–Crippen LogP) is 5.10. The SMILES string of the molecule is O=C(N[C@@H](CCc1ccc(-c2c(Cl)cnn(CC3CC3)c2=O)cc1)C(=O)O)c1c(Cl)cccc1Cl. The average molecular weight is 535 g/mol. The Hall–Kier alpha value is -2.87. The van der Waals surface area contributed by atoms with Crippen molar-refractivity contribution in [2.45, 2.75) is 38.3 Å². The van der Waals surface area contributed by atoms with Crippen LogP contribution >= 0.6 is 34.8 Å². The fourth-order valence-electron chi connectivity index (χ4n) is 3.76. The lowest BCUT2D eigenvalue weighted by atomic mass is 10.0. The van der Waals surface area contributed by atoms with Gasteiger partial charge in [-0.1, -0.05) is 65.1 Å². The van der Waals surface area contributed by atoms with Gasteiger partial charge in [-0.2, -0.15) is 5.10 Å². The topological polar surface area (TPSA) is 101 Å². The van der Waals surface area contributed by atoms with E-state index in [-0.39, 0.29) is 32.6 Å². The number of hydrogen-bond donors (Lipinski definition) is 2. The standard InChI is InChI=1S/C25H22Cl3N3O4/c26-17-2-1-3-18(27)22(17)23(32)30-20(25(34)35)11-8-14-6-9-16(10-7-14)21-19(28)12-29-31(24(21)33)13-15-4-5-15/h1-3,6-7,9-10,12,15,20H,4-5,8,11,13H2,(H,30,32)(H,34,35)/t20-/m0/s1. The van der Waals surface area contributed by atoms with Crippen LogP contribution in [-0.2, 0) is 17.8 Å². The molecule has 7 nitrogen and oxygen atoms in total. The Kier molecular flexibility index (Phi) is 7.79. The second-order valence-electron chi connectivity index (χ2n) is 8.49. The highest BCUT2D eigenvalue weighted by Crippen LogP contribution is 2.31. The second-order valence-corrected chi connectivity index (χ2v) is 9.72. The van der Waals surface area contributed by atoms with E-state index in [9.17, 15) is 19.5 Å². The van der Waals surface area contributed by atoms with Gasteiger partial charge in [0.2, 0.25) is 0 Å². The lowest BCUT2D eigenvalue weighted by Gasteiger charge is -2.16. The molecule has 1 saturated carbocycles. The molecule has 35 heavy (non-hydrogen) atoms. The summed E-state index contributed by atoms with van der Waals surface area (Å²) < 4.78 is 1.46. The third-order valence-corrected chi connectivity index (χ3v) is 6.80. The molecule has 182 valence electrons. The third kappa shape index (κ3) is 6.04. The number of carbonyl (C=O) groups is 2. The van der Waals surface area contributed by atoms with Gasteiger partial charge in [-0.3, -0.25) is 9.59 Å². The number of benzene rings is 2. The summed E-state index contributed by atoms with van der Waals surface area (Å²) in [5.41, 5.74) is 1.69. The van der Waals surface area contributed by atoms with Crippen molar-refractivity contribution in [3.63, 3.8) is 0 Å². The minimum absolute atomic E-state index is 0.0352. The van der Waals surface area contributed by atoms with E-state index in [2.05, 4.69) is 10.4 Å². The molecule has 3 aromatic rings. The molecule has 1 amide bonds. The number of carboxylic acids is 1. The van der Waals surface area contributed by atoms with Gasteiger partial charge < -0.3 is 10.4 Å². The zero-order valence-electron chi connectivity index (χ0n) is 18.5. The predicted molar refractivity (Wildman–Crippen MR) is 135 cm³/mol. The van der Waals surface area contributed by atoms with E-state index in [4.69, 9.17) is 34.8 Å². The second kappa shape index (κ2) is 10.8. The lowest BCUT2D eigenvalue weighted by molar-refractivity contribution is -0.139.